The zero-order valence-electron chi connectivity index (χ0n) is 13.3. The molecular weight excluding hydrogens is 339 g/mol. The van der Waals surface area contributed by atoms with Gasteiger partial charge in [-0.2, -0.15) is 4.72 Å². The van der Waals surface area contributed by atoms with Crippen LogP contribution in [-0.2, 0) is 24.3 Å². The normalized spacial score (nSPS) is 17.0. The molecule has 1 aromatic carbocycles. The Balaban J connectivity index is 1.95. The van der Waals surface area contributed by atoms with Gasteiger partial charge < -0.3 is 10.1 Å². The molecule has 0 spiro atoms. The predicted octanol–water partition coefficient (Wildman–Crippen LogP) is 0.703. The molecule has 2 rings (SSSR count). The lowest BCUT2D eigenvalue weighted by atomic mass is 10.3. The monoisotopic (exact) mass is 358 g/mol. The minimum absolute atomic E-state index is 0.121. The molecule has 1 saturated carbocycles. The summed E-state index contributed by atoms with van der Waals surface area (Å²) in [4.78, 5) is 23.1. The highest BCUT2D eigenvalue weighted by atomic mass is 32.2. The van der Waals surface area contributed by atoms with Crippen LogP contribution in [0.15, 0.2) is 29.2 Å². The number of sulfonamides is 1. The van der Waals surface area contributed by atoms with Gasteiger partial charge >= 0.3 is 5.97 Å². The van der Waals surface area contributed by atoms with Crippen molar-refractivity contribution in [2.75, 3.05) is 0 Å². The lowest BCUT2D eigenvalue weighted by Gasteiger charge is -2.17. The van der Waals surface area contributed by atoms with Crippen LogP contribution in [0.3, 0.4) is 0 Å². The van der Waals surface area contributed by atoms with Crippen molar-refractivity contribution >= 4 is 21.9 Å². The van der Waals surface area contributed by atoms with Gasteiger partial charge in [-0.3, -0.25) is 9.59 Å². The largest absolute Gasteiger partial charge is 0.451 e. The number of esters is 1. The molecule has 0 aromatic heterocycles. The van der Waals surface area contributed by atoms with Crippen molar-refractivity contribution in [3.63, 3.8) is 0 Å². The Labute approximate surface area is 139 Å². The van der Waals surface area contributed by atoms with Crippen LogP contribution in [0.4, 0.5) is 4.39 Å². The van der Waals surface area contributed by atoms with Gasteiger partial charge in [0, 0.05) is 6.04 Å². The van der Waals surface area contributed by atoms with E-state index in [-0.39, 0.29) is 6.04 Å². The summed E-state index contributed by atoms with van der Waals surface area (Å²) in [7, 11) is -4.23. The number of ether oxygens (including phenoxy) is 1. The lowest BCUT2D eigenvalue weighted by molar-refractivity contribution is -0.156. The van der Waals surface area contributed by atoms with E-state index in [1.54, 1.807) is 0 Å². The number of carbonyl (C=O) groups is 2. The summed E-state index contributed by atoms with van der Waals surface area (Å²) in [6, 6.07) is 3.65. The van der Waals surface area contributed by atoms with Crippen molar-refractivity contribution in [1.82, 2.24) is 10.0 Å². The zero-order valence-corrected chi connectivity index (χ0v) is 14.1. The van der Waals surface area contributed by atoms with E-state index in [2.05, 4.69) is 5.32 Å². The third-order valence-corrected chi connectivity index (χ3v) is 4.97. The predicted molar refractivity (Wildman–Crippen MR) is 82.9 cm³/mol. The maximum atomic E-state index is 13.6. The van der Waals surface area contributed by atoms with Crippen LogP contribution >= 0.6 is 0 Å². The van der Waals surface area contributed by atoms with Crippen molar-refractivity contribution in [3.05, 3.63) is 30.1 Å². The lowest BCUT2D eigenvalue weighted by Crippen LogP contribution is -2.44. The van der Waals surface area contributed by atoms with E-state index in [0.717, 1.165) is 25.0 Å². The van der Waals surface area contributed by atoms with Crippen LogP contribution in [0.1, 0.15) is 26.7 Å². The quantitative estimate of drug-likeness (QED) is 0.699. The Morgan fingerprint density at radius 1 is 1.25 bits per heavy atom. The van der Waals surface area contributed by atoms with Crippen molar-refractivity contribution in [1.29, 1.82) is 0 Å². The summed E-state index contributed by atoms with van der Waals surface area (Å²) in [5.41, 5.74) is 0. The van der Waals surface area contributed by atoms with Crippen LogP contribution in [0.25, 0.3) is 0 Å². The molecule has 2 N–H and O–H groups in total. The van der Waals surface area contributed by atoms with Gasteiger partial charge in [0.15, 0.2) is 6.10 Å². The van der Waals surface area contributed by atoms with E-state index in [0.29, 0.717) is 0 Å². The second-order valence-corrected chi connectivity index (χ2v) is 7.32. The third kappa shape index (κ3) is 4.75. The molecule has 2 atom stereocenters. The maximum Gasteiger partial charge on any atom is 0.324 e. The van der Waals surface area contributed by atoms with E-state index in [1.807, 2.05) is 4.72 Å². The van der Waals surface area contributed by atoms with Crippen molar-refractivity contribution in [2.45, 2.75) is 49.8 Å². The molecule has 1 aliphatic rings. The zero-order chi connectivity index (χ0) is 17.9. The number of halogens is 1. The van der Waals surface area contributed by atoms with Gasteiger partial charge in [0.1, 0.15) is 16.8 Å². The molecule has 0 aliphatic heterocycles. The van der Waals surface area contributed by atoms with E-state index in [9.17, 15) is 22.4 Å². The first kappa shape index (κ1) is 18.3. The van der Waals surface area contributed by atoms with Crippen molar-refractivity contribution in [2.24, 2.45) is 0 Å². The molecule has 24 heavy (non-hydrogen) atoms. The molecule has 1 aromatic rings. The number of rotatable bonds is 7. The summed E-state index contributed by atoms with van der Waals surface area (Å²) in [6.45, 7) is 2.65. The highest BCUT2D eigenvalue weighted by molar-refractivity contribution is 7.89. The van der Waals surface area contributed by atoms with E-state index >= 15 is 0 Å². The molecule has 1 amide bonds. The molecule has 0 radical (unpaired) electrons. The topological polar surface area (TPSA) is 102 Å². The van der Waals surface area contributed by atoms with Crippen LogP contribution in [0.5, 0.6) is 0 Å². The van der Waals surface area contributed by atoms with Gasteiger partial charge in [-0.05, 0) is 38.8 Å². The average molecular weight is 358 g/mol. The fourth-order valence-corrected chi connectivity index (χ4v) is 3.15. The molecule has 0 heterocycles. The highest BCUT2D eigenvalue weighted by Crippen LogP contribution is 2.19. The van der Waals surface area contributed by atoms with E-state index in [4.69, 9.17) is 4.74 Å². The van der Waals surface area contributed by atoms with E-state index < -0.39 is 44.8 Å². The smallest absolute Gasteiger partial charge is 0.324 e. The van der Waals surface area contributed by atoms with Gasteiger partial charge in [-0.25, -0.2) is 12.8 Å². The van der Waals surface area contributed by atoms with Gasteiger partial charge in [0.25, 0.3) is 5.91 Å². The van der Waals surface area contributed by atoms with Crippen LogP contribution in [0, 0.1) is 5.82 Å². The molecule has 9 heteroatoms. The fraction of sp³-hybridized carbons (Fsp3) is 0.467. The second kappa shape index (κ2) is 7.27. The maximum absolute atomic E-state index is 13.6. The van der Waals surface area contributed by atoms with Crippen LogP contribution < -0.4 is 10.0 Å². The number of carbonyl (C=O) groups excluding carboxylic acids is 2. The van der Waals surface area contributed by atoms with Gasteiger partial charge in [0.05, 0.1) is 0 Å². The Morgan fingerprint density at radius 3 is 2.46 bits per heavy atom. The Bertz CT molecular complexity index is 733. The summed E-state index contributed by atoms with van der Waals surface area (Å²) in [5, 5.41) is 2.68. The first-order valence-corrected chi connectivity index (χ1v) is 8.97. The molecule has 0 bridgehead atoms. The summed E-state index contributed by atoms with van der Waals surface area (Å²) in [5.74, 6) is -2.29. The molecule has 7 nitrogen and oxygen atoms in total. The van der Waals surface area contributed by atoms with Crippen molar-refractivity contribution in [3.8, 4) is 0 Å². The Kier molecular flexibility index (Phi) is 5.55. The average Bonchev–Trinajstić information content (AvgIpc) is 3.30. The van der Waals surface area contributed by atoms with Gasteiger partial charge in [-0.15, -0.1) is 0 Å². The summed E-state index contributed by atoms with van der Waals surface area (Å²) < 4.78 is 44.8. The standard InChI is InChI=1S/C15H19FN2O5S/c1-9(15(20)23-10(2)14(19)17-11-7-8-11)18-24(21,22)13-6-4-3-5-12(13)16/h3-6,9-11,18H,7-8H2,1-2H3,(H,17,19)/t9-,10+/m0/s1. The number of amides is 1. The SMILES string of the molecule is C[C@H](NS(=O)(=O)c1ccccc1F)C(=O)O[C@H](C)C(=O)NC1CC1. The summed E-state index contributed by atoms with van der Waals surface area (Å²) >= 11 is 0. The van der Waals surface area contributed by atoms with Crippen LogP contribution in [-0.4, -0.2) is 38.5 Å². The molecule has 1 aliphatic carbocycles. The minimum Gasteiger partial charge on any atom is -0.451 e. The second-order valence-electron chi connectivity index (χ2n) is 5.64. The number of hydrogen-bond donors (Lipinski definition) is 2. The summed E-state index contributed by atoms with van der Waals surface area (Å²) in [6.07, 6.45) is 0.745. The molecule has 1 fully saturated rings. The first-order chi connectivity index (χ1) is 11.2. The Morgan fingerprint density at radius 2 is 1.88 bits per heavy atom. The first-order valence-electron chi connectivity index (χ1n) is 7.48. The fourth-order valence-electron chi connectivity index (χ4n) is 1.88. The molecule has 0 saturated heterocycles. The minimum atomic E-state index is -4.23. The molecule has 132 valence electrons. The number of benzene rings is 1. The molecule has 0 unspecified atom stereocenters. The number of hydrogen-bond acceptors (Lipinski definition) is 5. The Hall–Kier alpha value is -2.00. The highest BCUT2D eigenvalue weighted by Gasteiger charge is 2.30. The van der Waals surface area contributed by atoms with Crippen molar-refractivity contribution < 1.29 is 27.1 Å². The molecular formula is C15H19FN2O5S. The third-order valence-electron chi connectivity index (χ3n) is 3.40. The van der Waals surface area contributed by atoms with E-state index in [1.165, 1.54) is 26.0 Å². The number of nitrogens with one attached hydrogen (secondary N) is 2. The van der Waals surface area contributed by atoms with Gasteiger partial charge in [0.2, 0.25) is 10.0 Å². The van der Waals surface area contributed by atoms with Gasteiger partial charge in [-0.1, -0.05) is 12.1 Å². The van der Waals surface area contributed by atoms with Crippen LogP contribution in [0.2, 0.25) is 0 Å².